The minimum Gasteiger partial charge on any atom is -0.381 e. The van der Waals surface area contributed by atoms with Crippen LogP contribution in [0, 0.1) is 19.3 Å². The van der Waals surface area contributed by atoms with Crippen molar-refractivity contribution >= 4 is 11.6 Å². The summed E-state index contributed by atoms with van der Waals surface area (Å²) >= 11 is 0. The summed E-state index contributed by atoms with van der Waals surface area (Å²) in [6.07, 6.45) is 2.13. The van der Waals surface area contributed by atoms with E-state index >= 15 is 0 Å². The van der Waals surface area contributed by atoms with Gasteiger partial charge in [-0.3, -0.25) is 4.68 Å². The molecule has 0 unspecified atom stereocenters. The number of rotatable bonds is 5. The zero-order valence-electron chi connectivity index (χ0n) is 23.8. The molecular formula is C30H42N6O. The summed E-state index contributed by atoms with van der Waals surface area (Å²) < 4.78 is 7.89. The number of methoxy groups -OCH3 is 1. The molecule has 1 fully saturated rings. The van der Waals surface area contributed by atoms with Gasteiger partial charge in [0.2, 0.25) is 0 Å². The van der Waals surface area contributed by atoms with Gasteiger partial charge in [-0.25, -0.2) is 9.97 Å². The molecule has 7 heteroatoms. The van der Waals surface area contributed by atoms with E-state index in [9.17, 15) is 0 Å². The first-order valence-electron chi connectivity index (χ1n) is 13.6. The van der Waals surface area contributed by atoms with Gasteiger partial charge < -0.3 is 14.5 Å². The zero-order chi connectivity index (χ0) is 26.5. The maximum atomic E-state index is 5.86. The lowest BCUT2D eigenvalue weighted by Gasteiger charge is -2.45. The molecule has 0 N–H and O–H groups in total. The summed E-state index contributed by atoms with van der Waals surface area (Å²) in [6, 6.07) is 8.68. The Morgan fingerprint density at radius 1 is 1.05 bits per heavy atom. The average molecular weight is 503 g/mol. The second-order valence-electron chi connectivity index (χ2n) is 11.9. The highest BCUT2D eigenvalue weighted by molar-refractivity contribution is 5.68. The molecule has 2 aromatic heterocycles. The van der Waals surface area contributed by atoms with Crippen LogP contribution in [-0.2, 0) is 24.8 Å². The zero-order valence-corrected chi connectivity index (χ0v) is 23.8. The van der Waals surface area contributed by atoms with Crippen LogP contribution in [0.25, 0.3) is 11.4 Å². The lowest BCUT2D eigenvalue weighted by molar-refractivity contribution is -0.00647. The molecular weight excluding hydrogens is 460 g/mol. The third-order valence-corrected chi connectivity index (χ3v) is 8.25. The Kier molecular flexibility index (Phi) is 6.77. The number of hydrogen-bond donors (Lipinski definition) is 0. The number of piperidine rings is 1. The number of fused-ring (bicyclic) bond motifs is 1. The van der Waals surface area contributed by atoms with Crippen molar-refractivity contribution in [3.05, 3.63) is 52.3 Å². The Morgan fingerprint density at radius 3 is 2.41 bits per heavy atom. The summed E-state index contributed by atoms with van der Waals surface area (Å²) in [5, 5.41) is 4.78. The van der Waals surface area contributed by atoms with Crippen molar-refractivity contribution in [3.8, 4) is 11.4 Å². The SMILES string of the molecule is CO[C@H]1CCN(c2nc(-c3c(C)cccc3C)nc3c2CN(c2cc(C(C)C)nn2C)CC3)CC1(C)C. The van der Waals surface area contributed by atoms with Crippen LogP contribution in [0.5, 0.6) is 0 Å². The van der Waals surface area contributed by atoms with Crippen molar-refractivity contribution in [3.63, 3.8) is 0 Å². The summed E-state index contributed by atoms with van der Waals surface area (Å²) in [6.45, 7) is 16.9. The first kappa shape index (κ1) is 25.7. The van der Waals surface area contributed by atoms with Crippen LogP contribution in [0.4, 0.5) is 11.6 Å². The van der Waals surface area contributed by atoms with Crippen molar-refractivity contribution in [2.75, 3.05) is 36.5 Å². The smallest absolute Gasteiger partial charge is 0.162 e. The van der Waals surface area contributed by atoms with E-state index in [1.54, 1.807) is 0 Å². The predicted octanol–water partition coefficient (Wildman–Crippen LogP) is 5.43. The number of ether oxygens (including phenoxy) is 1. The quantitative estimate of drug-likeness (QED) is 0.464. The van der Waals surface area contributed by atoms with E-state index in [4.69, 9.17) is 19.8 Å². The van der Waals surface area contributed by atoms with Crippen LogP contribution in [0.1, 0.15) is 68.1 Å². The molecule has 7 nitrogen and oxygen atoms in total. The normalized spacial score (nSPS) is 19.4. The third kappa shape index (κ3) is 4.74. The Labute approximate surface area is 221 Å². The van der Waals surface area contributed by atoms with Gasteiger partial charge in [0.25, 0.3) is 0 Å². The van der Waals surface area contributed by atoms with Gasteiger partial charge in [0, 0.05) is 69.4 Å². The molecule has 0 aliphatic carbocycles. The summed E-state index contributed by atoms with van der Waals surface area (Å²) in [5.41, 5.74) is 7.20. The van der Waals surface area contributed by atoms with E-state index in [0.717, 1.165) is 67.7 Å². The Hall–Kier alpha value is -2.93. The van der Waals surface area contributed by atoms with Gasteiger partial charge in [-0.1, -0.05) is 45.9 Å². The summed E-state index contributed by atoms with van der Waals surface area (Å²) in [4.78, 5) is 15.5. The van der Waals surface area contributed by atoms with E-state index in [-0.39, 0.29) is 11.5 Å². The number of aromatic nitrogens is 4. The van der Waals surface area contributed by atoms with E-state index in [1.165, 1.54) is 22.4 Å². The third-order valence-electron chi connectivity index (χ3n) is 8.25. The molecule has 0 saturated carbocycles. The fraction of sp³-hybridized carbons (Fsp3) is 0.567. The van der Waals surface area contributed by atoms with Crippen LogP contribution < -0.4 is 9.80 Å². The fourth-order valence-corrected chi connectivity index (χ4v) is 6.14. The minimum atomic E-state index is 0.0339. The molecule has 1 atom stereocenters. The second kappa shape index (κ2) is 9.75. The van der Waals surface area contributed by atoms with Gasteiger partial charge in [0.15, 0.2) is 5.82 Å². The molecule has 37 heavy (non-hydrogen) atoms. The number of anilines is 2. The van der Waals surface area contributed by atoms with Crippen molar-refractivity contribution in [2.24, 2.45) is 12.5 Å². The predicted molar refractivity (Wildman–Crippen MR) is 150 cm³/mol. The highest BCUT2D eigenvalue weighted by Gasteiger charge is 2.38. The van der Waals surface area contributed by atoms with Crippen LogP contribution in [0.15, 0.2) is 24.3 Å². The number of aryl methyl sites for hydroxylation is 3. The molecule has 2 aliphatic rings. The van der Waals surface area contributed by atoms with E-state index in [1.807, 2.05) is 11.8 Å². The number of benzene rings is 1. The van der Waals surface area contributed by atoms with Gasteiger partial charge in [-0.05, 0) is 37.3 Å². The van der Waals surface area contributed by atoms with Crippen molar-refractivity contribution in [1.82, 2.24) is 19.7 Å². The molecule has 0 spiro atoms. The molecule has 5 rings (SSSR count). The summed E-state index contributed by atoms with van der Waals surface area (Å²) in [5.74, 6) is 3.51. The van der Waals surface area contributed by atoms with Crippen molar-refractivity contribution in [1.29, 1.82) is 0 Å². The van der Waals surface area contributed by atoms with Crippen LogP contribution in [-0.4, -0.2) is 52.6 Å². The van der Waals surface area contributed by atoms with E-state index < -0.39 is 0 Å². The average Bonchev–Trinajstić information content (AvgIpc) is 3.24. The molecule has 1 aromatic carbocycles. The van der Waals surface area contributed by atoms with Crippen molar-refractivity contribution in [2.45, 2.75) is 73.0 Å². The molecule has 4 heterocycles. The molecule has 0 radical (unpaired) electrons. The Morgan fingerprint density at radius 2 is 1.78 bits per heavy atom. The van der Waals surface area contributed by atoms with Gasteiger partial charge in [-0.15, -0.1) is 0 Å². The van der Waals surface area contributed by atoms with Crippen LogP contribution >= 0.6 is 0 Å². The van der Waals surface area contributed by atoms with Gasteiger partial charge in [0.05, 0.1) is 17.5 Å². The largest absolute Gasteiger partial charge is 0.381 e. The first-order chi connectivity index (χ1) is 17.6. The topological polar surface area (TPSA) is 59.3 Å². The van der Waals surface area contributed by atoms with Crippen LogP contribution in [0.2, 0.25) is 0 Å². The van der Waals surface area contributed by atoms with E-state index in [0.29, 0.717) is 5.92 Å². The highest BCUT2D eigenvalue weighted by Crippen LogP contribution is 2.38. The van der Waals surface area contributed by atoms with E-state index in [2.05, 4.69) is 82.7 Å². The molecule has 0 bridgehead atoms. The minimum absolute atomic E-state index is 0.0339. The maximum Gasteiger partial charge on any atom is 0.162 e. The first-order valence-corrected chi connectivity index (χ1v) is 13.6. The van der Waals surface area contributed by atoms with Gasteiger partial charge >= 0.3 is 0 Å². The molecule has 198 valence electrons. The fourth-order valence-electron chi connectivity index (χ4n) is 6.14. The second-order valence-corrected chi connectivity index (χ2v) is 11.9. The standard InChI is InChI=1S/C30H42N6O/c1-19(2)24-16-26(34(7)33-24)35-14-12-23-22(17-35)29(36-15-13-25(37-8)30(5,6)18-36)32-28(31-23)27-20(3)10-9-11-21(27)4/h9-11,16,19,25H,12-15,17-18H2,1-8H3/t25-/m0/s1. The number of nitrogens with zero attached hydrogens (tertiary/aromatic N) is 6. The molecule has 2 aliphatic heterocycles. The monoisotopic (exact) mass is 502 g/mol. The van der Waals surface area contributed by atoms with Gasteiger partial charge in [0.1, 0.15) is 11.6 Å². The van der Waals surface area contributed by atoms with Gasteiger partial charge in [-0.2, -0.15) is 5.10 Å². The van der Waals surface area contributed by atoms with Crippen molar-refractivity contribution < 1.29 is 4.74 Å². The Balaban J connectivity index is 1.60. The summed E-state index contributed by atoms with van der Waals surface area (Å²) in [7, 11) is 3.89. The molecule has 3 aromatic rings. The number of hydrogen-bond acceptors (Lipinski definition) is 6. The Bertz CT molecular complexity index is 1270. The molecule has 1 saturated heterocycles. The lowest BCUT2D eigenvalue weighted by Crippen LogP contribution is -2.50. The lowest BCUT2D eigenvalue weighted by atomic mass is 9.81. The molecule has 0 amide bonds. The highest BCUT2D eigenvalue weighted by atomic mass is 16.5. The van der Waals surface area contributed by atoms with Crippen LogP contribution in [0.3, 0.4) is 0 Å². The maximum absolute atomic E-state index is 5.86.